The van der Waals surface area contributed by atoms with Gasteiger partial charge in [-0.2, -0.15) is 0 Å². The van der Waals surface area contributed by atoms with Crippen molar-refractivity contribution in [1.82, 2.24) is 5.32 Å². The van der Waals surface area contributed by atoms with Gasteiger partial charge >= 0.3 is 11.9 Å². The van der Waals surface area contributed by atoms with Crippen LogP contribution >= 0.6 is 0 Å². The van der Waals surface area contributed by atoms with Crippen LogP contribution in [-0.4, -0.2) is 35.2 Å². The lowest BCUT2D eigenvalue weighted by Gasteiger charge is -2.26. The molecule has 0 saturated heterocycles. The lowest BCUT2D eigenvalue weighted by Crippen LogP contribution is -2.44. The molecular formula is C13H23NO4. The number of carbonyl (C=O) groups is 2. The van der Waals surface area contributed by atoms with Gasteiger partial charge in [-0.1, -0.05) is 19.9 Å². The van der Waals surface area contributed by atoms with Gasteiger partial charge < -0.3 is 15.2 Å². The van der Waals surface area contributed by atoms with E-state index >= 15 is 0 Å². The highest BCUT2D eigenvalue weighted by atomic mass is 16.6. The Morgan fingerprint density at radius 3 is 2.28 bits per heavy atom. The lowest BCUT2D eigenvalue weighted by atomic mass is 10.0. The van der Waals surface area contributed by atoms with Crippen molar-refractivity contribution in [1.29, 1.82) is 0 Å². The molecule has 0 bridgehead atoms. The van der Waals surface area contributed by atoms with Crippen LogP contribution in [0.3, 0.4) is 0 Å². The Kier molecular flexibility index (Phi) is 6.62. The fourth-order valence-corrected chi connectivity index (χ4v) is 1.31. The maximum absolute atomic E-state index is 11.9. The highest BCUT2D eigenvalue weighted by molar-refractivity contribution is 5.79. The molecular weight excluding hydrogens is 234 g/mol. The maximum atomic E-state index is 11.9. The van der Waals surface area contributed by atoms with Crippen LogP contribution in [0.1, 0.15) is 34.6 Å². The Morgan fingerprint density at radius 1 is 1.33 bits per heavy atom. The lowest BCUT2D eigenvalue weighted by molar-refractivity contribution is -0.158. The molecule has 0 aromatic heterocycles. The van der Waals surface area contributed by atoms with Crippen LogP contribution in [0.5, 0.6) is 0 Å². The molecule has 104 valence electrons. The second-order valence-corrected chi connectivity index (χ2v) is 5.40. The molecule has 0 aliphatic heterocycles. The molecule has 18 heavy (non-hydrogen) atoms. The fraction of sp³-hybridized carbons (Fsp3) is 0.692. The number of aliphatic carboxylic acids is 1. The largest absolute Gasteiger partial charge is 0.478 e. The van der Waals surface area contributed by atoms with Gasteiger partial charge in [-0.05, 0) is 26.7 Å². The Balaban J connectivity index is 4.40. The van der Waals surface area contributed by atoms with E-state index in [4.69, 9.17) is 9.84 Å². The first kappa shape index (κ1) is 16.6. The number of hydrogen-bond acceptors (Lipinski definition) is 4. The predicted octanol–water partition coefficient (Wildman–Crippen LogP) is 1.58. The maximum Gasteiger partial charge on any atom is 0.328 e. The number of carbonyl (C=O) groups excluding carboxylic acids is 1. The van der Waals surface area contributed by atoms with E-state index in [2.05, 4.69) is 5.32 Å². The molecule has 0 radical (unpaired) electrons. The highest BCUT2D eigenvalue weighted by Crippen LogP contribution is 2.12. The number of carboxylic acids is 1. The average Bonchev–Trinajstić information content (AvgIpc) is 2.12. The first-order chi connectivity index (χ1) is 8.13. The van der Waals surface area contributed by atoms with Crippen LogP contribution in [0.25, 0.3) is 0 Å². The zero-order chi connectivity index (χ0) is 14.3. The summed E-state index contributed by atoms with van der Waals surface area (Å²) in [5.74, 6) is -1.26. The third-order valence-electron chi connectivity index (χ3n) is 2.04. The van der Waals surface area contributed by atoms with Gasteiger partial charge in [0.1, 0.15) is 11.6 Å². The van der Waals surface area contributed by atoms with Gasteiger partial charge in [0.25, 0.3) is 0 Å². The summed E-state index contributed by atoms with van der Waals surface area (Å²) in [5.41, 5.74) is -0.525. The third kappa shape index (κ3) is 7.84. The summed E-state index contributed by atoms with van der Waals surface area (Å²) in [4.78, 5) is 22.2. The summed E-state index contributed by atoms with van der Waals surface area (Å²) < 4.78 is 5.30. The summed E-state index contributed by atoms with van der Waals surface area (Å²) in [7, 11) is 0. The van der Waals surface area contributed by atoms with Crippen LogP contribution in [-0.2, 0) is 14.3 Å². The van der Waals surface area contributed by atoms with Crippen LogP contribution in [0.2, 0.25) is 0 Å². The van der Waals surface area contributed by atoms with Gasteiger partial charge in [0.2, 0.25) is 0 Å². The van der Waals surface area contributed by atoms with Crippen molar-refractivity contribution in [2.45, 2.75) is 46.3 Å². The number of rotatable bonds is 6. The first-order valence-electron chi connectivity index (χ1n) is 5.99. The third-order valence-corrected chi connectivity index (χ3v) is 2.04. The molecule has 0 aliphatic carbocycles. The van der Waals surface area contributed by atoms with E-state index in [9.17, 15) is 9.59 Å². The van der Waals surface area contributed by atoms with E-state index in [1.54, 1.807) is 0 Å². The highest BCUT2D eigenvalue weighted by Gasteiger charge is 2.26. The molecule has 0 amide bonds. The Morgan fingerprint density at radius 2 is 1.89 bits per heavy atom. The quantitative estimate of drug-likeness (QED) is 0.558. The van der Waals surface area contributed by atoms with E-state index in [1.165, 1.54) is 6.08 Å². The van der Waals surface area contributed by atoms with Crippen molar-refractivity contribution >= 4 is 11.9 Å². The Labute approximate surface area is 108 Å². The molecule has 0 fully saturated rings. The fourth-order valence-electron chi connectivity index (χ4n) is 1.31. The average molecular weight is 257 g/mol. The second kappa shape index (κ2) is 7.16. The van der Waals surface area contributed by atoms with E-state index in [0.717, 1.165) is 6.08 Å². The smallest absolute Gasteiger partial charge is 0.328 e. The summed E-state index contributed by atoms with van der Waals surface area (Å²) in [6.45, 7) is 9.56. The van der Waals surface area contributed by atoms with Crippen molar-refractivity contribution in [3.05, 3.63) is 12.2 Å². The number of hydrogen-bond donors (Lipinski definition) is 2. The van der Waals surface area contributed by atoms with Gasteiger partial charge in [0.05, 0.1) is 0 Å². The molecule has 0 heterocycles. The molecule has 0 rings (SSSR count). The van der Waals surface area contributed by atoms with Crippen molar-refractivity contribution in [2.24, 2.45) is 5.92 Å². The number of nitrogens with one attached hydrogen (secondary N) is 1. The molecule has 0 aliphatic rings. The minimum absolute atomic E-state index is 0.0677. The van der Waals surface area contributed by atoms with E-state index in [-0.39, 0.29) is 11.9 Å². The monoisotopic (exact) mass is 257 g/mol. The van der Waals surface area contributed by atoms with Gasteiger partial charge in [0, 0.05) is 12.6 Å². The van der Waals surface area contributed by atoms with Gasteiger partial charge in [-0.3, -0.25) is 4.79 Å². The van der Waals surface area contributed by atoms with Crippen molar-refractivity contribution in [2.75, 3.05) is 6.54 Å². The van der Waals surface area contributed by atoms with E-state index in [1.807, 2.05) is 34.6 Å². The minimum atomic E-state index is -1.00. The van der Waals surface area contributed by atoms with Crippen molar-refractivity contribution in [3.8, 4) is 0 Å². The molecule has 1 atom stereocenters. The zero-order valence-corrected chi connectivity index (χ0v) is 11.7. The zero-order valence-electron chi connectivity index (χ0n) is 11.7. The molecule has 0 aromatic rings. The van der Waals surface area contributed by atoms with Crippen LogP contribution < -0.4 is 5.32 Å². The van der Waals surface area contributed by atoms with Gasteiger partial charge in [-0.25, -0.2) is 4.79 Å². The SMILES string of the molecule is CC(C)C(NC/C=C/C(=O)O)C(=O)OC(C)(C)C. The summed E-state index contributed by atoms with van der Waals surface area (Å²) in [6.07, 6.45) is 2.50. The minimum Gasteiger partial charge on any atom is -0.478 e. The van der Waals surface area contributed by atoms with Crippen LogP contribution in [0, 0.1) is 5.92 Å². The first-order valence-corrected chi connectivity index (χ1v) is 5.99. The summed E-state index contributed by atoms with van der Waals surface area (Å²) in [6, 6.07) is -0.442. The van der Waals surface area contributed by atoms with Crippen LogP contribution in [0.4, 0.5) is 0 Å². The summed E-state index contributed by atoms with van der Waals surface area (Å²) >= 11 is 0. The predicted molar refractivity (Wildman–Crippen MR) is 69.2 cm³/mol. The molecule has 0 spiro atoms. The van der Waals surface area contributed by atoms with E-state index < -0.39 is 17.6 Å². The Bertz CT molecular complexity index is 315. The number of carboxylic acid groups (broad SMARTS) is 1. The second-order valence-electron chi connectivity index (χ2n) is 5.40. The van der Waals surface area contributed by atoms with Gasteiger partial charge in [-0.15, -0.1) is 0 Å². The number of esters is 1. The summed E-state index contributed by atoms with van der Waals surface area (Å²) in [5, 5.41) is 11.4. The molecule has 0 saturated carbocycles. The van der Waals surface area contributed by atoms with Crippen molar-refractivity contribution < 1.29 is 19.4 Å². The molecule has 5 nitrogen and oxygen atoms in total. The van der Waals surface area contributed by atoms with E-state index in [0.29, 0.717) is 6.54 Å². The standard InChI is InChI=1S/C13H23NO4/c1-9(2)11(12(17)18-13(3,4)5)14-8-6-7-10(15)16/h6-7,9,11,14H,8H2,1-5H3,(H,15,16)/b7-6+. The molecule has 0 aromatic carbocycles. The molecule has 2 N–H and O–H groups in total. The topological polar surface area (TPSA) is 75.6 Å². The normalized spacial score (nSPS) is 13.9. The van der Waals surface area contributed by atoms with Crippen molar-refractivity contribution in [3.63, 3.8) is 0 Å². The Hall–Kier alpha value is -1.36. The number of ether oxygens (including phenoxy) is 1. The van der Waals surface area contributed by atoms with Gasteiger partial charge in [0.15, 0.2) is 0 Å². The molecule has 1 unspecified atom stereocenters. The molecule has 5 heteroatoms. The van der Waals surface area contributed by atoms with Crippen LogP contribution in [0.15, 0.2) is 12.2 Å².